The number of rotatable bonds is 5. The molecule has 2 aromatic heterocycles. The van der Waals surface area contributed by atoms with E-state index in [0.29, 0.717) is 0 Å². The third kappa shape index (κ3) is 2.14. The topological polar surface area (TPSA) is 216 Å². The fourth-order valence-electron chi connectivity index (χ4n) is 1.17. The van der Waals surface area contributed by atoms with Crippen LogP contribution in [0, 0.1) is 30.6 Å². The largest absolute Gasteiger partial charge is 0.391 e. The molecular weight excluding hydrogens is 288 g/mol. The Morgan fingerprint density at radius 2 is 1.25 bits per heavy atom. The van der Waals surface area contributed by atoms with E-state index in [1.54, 1.807) is 0 Å². The van der Waals surface area contributed by atoms with Gasteiger partial charge in [0.2, 0.25) is 10.1 Å². The lowest BCUT2D eigenvalue weighted by Gasteiger charge is -1.92. The molecular formula is C4H2N8O8. The van der Waals surface area contributed by atoms with Gasteiger partial charge >= 0.3 is 11.6 Å². The molecule has 2 rings (SSSR count). The number of nitro groups is 2. The van der Waals surface area contributed by atoms with E-state index in [1.807, 2.05) is 0 Å². The van der Waals surface area contributed by atoms with E-state index in [0.717, 1.165) is 0 Å². The summed E-state index contributed by atoms with van der Waals surface area (Å²) in [5, 5.41) is 46.8. The number of anilines is 2. The molecule has 0 aromatic carbocycles. The van der Waals surface area contributed by atoms with Crippen molar-refractivity contribution in [2.45, 2.75) is 0 Å². The molecule has 16 heteroatoms. The van der Waals surface area contributed by atoms with Gasteiger partial charge in [0.05, 0.1) is 0 Å². The van der Waals surface area contributed by atoms with Gasteiger partial charge < -0.3 is 19.7 Å². The Kier molecular flexibility index (Phi) is 2.87. The molecule has 0 unspecified atom stereocenters. The van der Waals surface area contributed by atoms with Gasteiger partial charge in [-0.05, 0) is 21.2 Å². The van der Waals surface area contributed by atoms with Crippen molar-refractivity contribution in [2.24, 2.45) is 0 Å². The van der Waals surface area contributed by atoms with Gasteiger partial charge in [0.15, 0.2) is 0 Å². The molecule has 0 radical (unpaired) electrons. The molecule has 0 atom stereocenters. The first-order valence-corrected chi connectivity index (χ1v) is 4.42. The Bertz CT molecular complexity index is 616. The van der Waals surface area contributed by atoms with Crippen LogP contribution >= 0.6 is 0 Å². The second kappa shape index (κ2) is 4.51. The van der Waals surface area contributed by atoms with E-state index < -0.39 is 42.9 Å². The lowest BCUT2D eigenvalue weighted by molar-refractivity contribution is -0.794. The molecule has 2 heterocycles. The fraction of sp³-hybridized carbons (Fsp3) is 0. The summed E-state index contributed by atoms with van der Waals surface area (Å²) in [6.45, 7) is 0. The van der Waals surface area contributed by atoms with E-state index in [-0.39, 0.29) is 0 Å². The van der Waals surface area contributed by atoms with Crippen LogP contribution in [0.15, 0.2) is 9.26 Å². The maximum atomic E-state index is 11.1. The van der Waals surface area contributed by atoms with Crippen molar-refractivity contribution in [2.75, 3.05) is 10.9 Å². The summed E-state index contributed by atoms with van der Waals surface area (Å²) in [5.74, 6) is -1.70. The molecule has 0 aliphatic carbocycles. The van der Waals surface area contributed by atoms with Crippen LogP contribution in [-0.4, -0.2) is 20.4 Å². The minimum Gasteiger partial charge on any atom is -0.391 e. The Hall–Kier alpha value is -3.72. The summed E-state index contributed by atoms with van der Waals surface area (Å²) in [7, 11) is 0. The molecule has 0 bridgehead atoms. The first kappa shape index (κ1) is 12.7. The van der Waals surface area contributed by atoms with Gasteiger partial charge in [-0.2, -0.15) is 0 Å². The Morgan fingerprint density at radius 1 is 0.900 bits per heavy atom. The van der Waals surface area contributed by atoms with Crippen LogP contribution in [0.25, 0.3) is 11.4 Å². The van der Waals surface area contributed by atoms with Gasteiger partial charge in [-0.15, -0.1) is 0 Å². The molecule has 0 aliphatic rings. The van der Waals surface area contributed by atoms with Crippen molar-refractivity contribution in [1.82, 2.24) is 10.3 Å². The zero-order chi connectivity index (χ0) is 14.9. The van der Waals surface area contributed by atoms with Crippen molar-refractivity contribution >= 4 is 11.6 Å². The molecule has 0 aliphatic heterocycles. The Labute approximate surface area is 105 Å². The number of hydrogen-bond donors (Lipinski definition) is 2. The average molecular weight is 290 g/mol. The molecule has 0 amide bonds. The number of hydrogen-bond acceptors (Lipinski definition) is 10. The van der Waals surface area contributed by atoms with Crippen molar-refractivity contribution in [3.63, 3.8) is 0 Å². The van der Waals surface area contributed by atoms with Crippen molar-refractivity contribution in [3.8, 4) is 11.4 Å². The molecule has 2 aromatic rings. The highest BCUT2D eigenvalue weighted by Gasteiger charge is 2.36. The van der Waals surface area contributed by atoms with E-state index in [4.69, 9.17) is 0 Å². The summed E-state index contributed by atoms with van der Waals surface area (Å²) in [6.07, 6.45) is 0. The molecule has 106 valence electrons. The maximum absolute atomic E-state index is 11.1. The van der Waals surface area contributed by atoms with E-state index >= 15 is 0 Å². The molecule has 20 heavy (non-hydrogen) atoms. The third-order valence-corrected chi connectivity index (χ3v) is 1.84. The van der Waals surface area contributed by atoms with Crippen LogP contribution in [-0.2, 0) is 0 Å². The van der Waals surface area contributed by atoms with E-state index in [1.165, 1.54) is 10.9 Å². The van der Waals surface area contributed by atoms with E-state index in [2.05, 4.69) is 19.6 Å². The number of aromatic nitrogens is 4. The van der Waals surface area contributed by atoms with Crippen molar-refractivity contribution < 1.29 is 29.1 Å². The van der Waals surface area contributed by atoms with Crippen LogP contribution in [0.2, 0.25) is 0 Å². The molecule has 0 saturated carbocycles. The van der Waals surface area contributed by atoms with Gasteiger partial charge in [-0.3, -0.25) is 0 Å². The van der Waals surface area contributed by atoms with Gasteiger partial charge in [0, 0.05) is 0 Å². The predicted octanol–water partition coefficient (Wildman–Crippen LogP) is -2.20. The second-order valence-electron chi connectivity index (χ2n) is 2.99. The fourth-order valence-corrected chi connectivity index (χ4v) is 1.17. The second-order valence-corrected chi connectivity index (χ2v) is 2.99. The number of nitrogens with one attached hydrogen (secondary N) is 2. The highest BCUT2D eigenvalue weighted by Crippen LogP contribution is 2.26. The first-order chi connectivity index (χ1) is 9.40. The molecule has 16 nitrogen and oxygen atoms in total. The summed E-state index contributed by atoms with van der Waals surface area (Å²) in [4.78, 5) is 19.8. The number of hydrazine groups is 2. The minimum atomic E-state index is -1.11. The van der Waals surface area contributed by atoms with E-state index in [9.17, 15) is 30.6 Å². The van der Waals surface area contributed by atoms with Crippen LogP contribution in [0.1, 0.15) is 0 Å². The molecule has 0 spiro atoms. The van der Waals surface area contributed by atoms with Gasteiger partial charge in [0.1, 0.15) is 0 Å². The molecule has 0 fully saturated rings. The Balaban J connectivity index is 2.52. The monoisotopic (exact) mass is 290 g/mol. The smallest absolute Gasteiger partial charge is 0.369 e. The quantitative estimate of drug-likeness (QED) is 0.340. The highest BCUT2D eigenvalue weighted by atomic mass is 16.8. The normalized spacial score (nSPS) is 10.2. The molecule has 2 N–H and O–H groups in total. The van der Waals surface area contributed by atoms with Crippen LogP contribution < -0.4 is 20.7 Å². The minimum absolute atomic E-state index is 0.391. The molecule has 0 saturated heterocycles. The van der Waals surface area contributed by atoms with Crippen LogP contribution in [0.4, 0.5) is 11.6 Å². The SMILES string of the molecule is O=[N+]([O-])Nc1c(-c2no[n+]([O-])c2N[N+](=O)[O-])no[n+]1[O-]. The maximum Gasteiger partial charge on any atom is 0.369 e. The zero-order valence-corrected chi connectivity index (χ0v) is 8.95. The lowest BCUT2D eigenvalue weighted by atomic mass is 10.3. The lowest BCUT2D eigenvalue weighted by Crippen LogP contribution is -2.30. The Morgan fingerprint density at radius 3 is 1.55 bits per heavy atom. The zero-order valence-electron chi connectivity index (χ0n) is 8.95. The summed E-state index contributed by atoms with van der Waals surface area (Å²) >= 11 is 0. The average Bonchev–Trinajstić information content (AvgIpc) is 2.85. The van der Waals surface area contributed by atoms with Gasteiger partial charge in [-0.1, -0.05) is 9.81 Å². The third-order valence-electron chi connectivity index (χ3n) is 1.84. The first-order valence-electron chi connectivity index (χ1n) is 4.42. The standard InChI is InChI=1S/C4H2N8O8/c13-9-3(5-11(15)16)1(7-19-9)2-4(6-12(17)18)10(14)20-8-2/h5-6H. The number of nitrogens with zero attached hydrogens (tertiary/aromatic N) is 6. The van der Waals surface area contributed by atoms with Crippen LogP contribution in [0.3, 0.4) is 0 Å². The highest BCUT2D eigenvalue weighted by molar-refractivity contribution is 5.71. The predicted molar refractivity (Wildman–Crippen MR) is 51.2 cm³/mol. The van der Waals surface area contributed by atoms with Crippen molar-refractivity contribution in [1.29, 1.82) is 0 Å². The van der Waals surface area contributed by atoms with Gasteiger partial charge in [0.25, 0.3) is 11.4 Å². The van der Waals surface area contributed by atoms with Gasteiger partial charge in [-0.25, -0.2) is 20.2 Å². The van der Waals surface area contributed by atoms with Crippen LogP contribution in [0.5, 0.6) is 0 Å². The summed E-state index contributed by atoms with van der Waals surface area (Å²) in [5.41, 5.74) is 1.59. The van der Waals surface area contributed by atoms with Crippen molar-refractivity contribution in [3.05, 3.63) is 30.6 Å². The summed E-state index contributed by atoms with van der Waals surface area (Å²) < 4.78 is 8.15. The summed E-state index contributed by atoms with van der Waals surface area (Å²) in [6, 6.07) is 0.